The molecule has 3 nitrogen and oxygen atoms in total. The molecule has 0 radical (unpaired) electrons. The predicted molar refractivity (Wildman–Crippen MR) is 73.9 cm³/mol. The van der Waals surface area contributed by atoms with Gasteiger partial charge < -0.3 is 5.11 Å². The van der Waals surface area contributed by atoms with Gasteiger partial charge in [-0.25, -0.2) is 9.37 Å². The van der Waals surface area contributed by atoms with Crippen LogP contribution in [0.4, 0.5) is 4.39 Å². The van der Waals surface area contributed by atoms with Gasteiger partial charge in [0.15, 0.2) is 0 Å². The minimum atomic E-state index is -0.856. The zero-order valence-electron chi connectivity index (χ0n) is 9.69. The van der Waals surface area contributed by atoms with Crippen LogP contribution in [-0.4, -0.2) is 16.1 Å². The second-order valence-electron chi connectivity index (χ2n) is 4.38. The van der Waals surface area contributed by atoms with Gasteiger partial charge in [-0.2, -0.15) is 0 Å². The highest BCUT2D eigenvalue weighted by Crippen LogP contribution is 2.40. The second kappa shape index (κ2) is 4.68. The Morgan fingerprint density at radius 1 is 1.53 bits per heavy atom. The summed E-state index contributed by atoms with van der Waals surface area (Å²) in [4.78, 5) is 16.4. The number of benzene rings is 1. The van der Waals surface area contributed by atoms with Crippen molar-refractivity contribution in [2.45, 2.75) is 18.8 Å². The molecule has 1 aliphatic carbocycles. The highest BCUT2D eigenvalue weighted by Gasteiger charge is 2.32. The van der Waals surface area contributed by atoms with Gasteiger partial charge in [0, 0.05) is 14.9 Å². The molecule has 1 unspecified atom stereocenters. The van der Waals surface area contributed by atoms with Gasteiger partial charge in [-0.3, -0.25) is 4.79 Å². The van der Waals surface area contributed by atoms with Gasteiger partial charge in [-0.1, -0.05) is 15.9 Å². The van der Waals surface area contributed by atoms with Gasteiger partial charge in [0.25, 0.3) is 0 Å². The average Bonchev–Trinajstić information content (AvgIpc) is 2.91. The summed E-state index contributed by atoms with van der Waals surface area (Å²) in [5, 5.41) is 9.67. The highest BCUT2D eigenvalue weighted by molar-refractivity contribution is 9.10. The number of aromatic nitrogens is 1. The number of nitrogens with zero attached hydrogens (tertiary/aromatic N) is 1. The third kappa shape index (κ3) is 2.19. The first-order valence-corrected chi connectivity index (χ1v) is 7.35. The summed E-state index contributed by atoms with van der Waals surface area (Å²) in [7, 11) is 0. The molecule has 19 heavy (non-hydrogen) atoms. The minimum Gasteiger partial charge on any atom is -0.481 e. The summed E-state index contributed by atoms with van der Waals surface area (Å²) in [6, 6.07) is 4.67. The number of aryl methyl sites for hydroxylation is 1. The largest absolute Gasteiger partial charge is 0.481 e. The van der Waals surface area contributed by atoms with Gasteiger partial charge in [-0.15, -0.1) is 11.3 Å². The molecule has 0 saturated heterocycles. The van der Waals surface area contributed by atoms with Gasteiger partial charge in [-0.05, 0) is 31.0 Å². The molecule has 1 heterocycles. The van der Waals surface area contributed by atoms with Crippen molar-refractivity contribution < 1.29 is 14.3 Å². The molecule has 1 aromatic carbocycles. The first kappa shape index (κ1) is 12.7. The van der Waals surface area contributed by atoms with E-state index in [2.05, 4.69) is 20.9 Å². The van der Waals surface area contributed by atoms with Crippen molar-refractivity contribution in [3.63, 3.8) is 0 Å². The third-order valence-corrected chi connectivity index (χ3v) is 4.83. The Balaban J connectivity index is 2.07. The summed E-state index contributed by atoms with van der Waals surface area (Å²) < 4.78 is 14.6. The van der Waals surface area contributed by atoms with E-state index in [4.69, 9.17) is 5.11 Å². The summed E-state index contributed by atoms with van der Waals surface area (Å²) >= 11 is 4.68. The van der Waals surface area contributed by atoms with Crippen LogP contribution in [0.1, 0.15) is 22.9 Å². The van der Waals surface area contributed by atoms with Gasteiger partial charge in [0.2, 0.25) is 0 Å². The summed E-state index contributed by atoms with van der Waals surface area (Å²) in [5.74, 6) is -1.75. The number of fused-ring (bicyclic) bond motifs is 1. The van der Waals surface area contributed by atoms with Crippen LogP contribution in [0.3, 0.4) is 0 Å². The monoisotopic (exact) mass is 341 g/mol. The zero-order valence-corrected chi connectivity index (χ0v) is 12.1. The van der Waals surface area contributed by atoms with E-state index in [1.807, 2.05) is 0 Å². The lowest BCUT2D eigenvalue weighted by atomic mass is 10.1. The van der Waals surface area contributed by atoms with Crippen molar-refractivity contribution in [2.24, 2.45) is 0 Å². The molecule has 2 aromatic rings. The topological polar surface area (TPSA) is 50.2 Å². The van der Waals surface area contributed by atoms with Crippen molar-refractivity contribution in [1.82, 2.24) is 4.98 Å². The van der Waals surface area contributed by atoms with Crippen molar-refractivity contribution in [3.05, 3.63) is 39.1 Å². The van der Waals surface area contributed by atoms with Crippen LogP contribution in [0.15, 0.2) is 22.7 Å². The fourth-order valence-electron chi connectivity index (χ4n) is 2.24. The maximum Gasteiger partial charge on any atom is 0.312 e. The Morgan fingerprint density at radius 2 is 2.32 bits per heavy atom. The van der Waals surface area contributed by atoms with Gasteiger partial charge in [0.05, 0.1) is 5.69 Å². The van der Waals surface area contributed by atoms with Crippen LogP contribution in [0.5, 0.6) is 0 Å². The van der Waals surface area contributed by atoms with E-state index in [1.165, 1.54) is 17.4 Å². The average molecular weight is 342 g/mol. The Kier molecular flexibility index (Phi) is 3.14. The second-order valence-corrected chi connectivity index (χ2v) is 6.38. The fraction of sp³-hybridized carbons (Fsp3) is 0.231. The number of hydrogen-bond donors (Lipinski definition) is 1. The Hall–Kier alpha value is -1.27. The van der Waals surface area contributed by atoms with Gasteiger partial charge >= 0.3 is 5.97 Å². The molecule has 1 aromatic heterocycles. The molecule has 0 fully saturated rings. The highest BCUT2D eigenvalue weighted by atomic mass is 79.9. The molecule has 0 saturated carbocycles. The van der Waals surface area contributed by atoms with E-state index < -0.39 is 11.9 Å². The van der Waals surface area contributed by atoms with E-state index in [1.54, 1.807) is 12.1 Å². The molecule has 1 aliphatic rings. The van der Waals surface area contributed by atoms with Crippen molar-refractivity contribution >= 4 is 33.2 Å². The van der Waals surface area contributed by atoms with Crippen LogP contribution < -0.4 is 0 Å². The number of carboxylic acids is 1. The predicted octanol–water partition coefficient (Wildman–Crippen LogP) is 3.83. The third-order valence-electron chi connectivity index (χ3n) is 3.17. The van der Waals surface area contributed by atoms with Crippen LogP contribution in [-0.2, 0) is 11.2 Å². The lowest BCUT2D eigenvalue weighted by molar-refractivity contribution is -0.138. The fourth-order valence-corrected chi connectivity index (χ4v) is 3.76. The number of carboxylic acid groups (broad SMARTS) is 1. The van der Waals surface area contributed by atoms with Crippen LogP contribution >= 0.6 is 27.3 Å². The number of aliphatic carboxylic acids is 1. The molecule has 6 heteroatoms. The lowest BCUT2D eigenvalue weighted by Crippen LogP contribution is -2.08. The zero-order chi connectivity index (χ0) is 13.6. The number of thiazole rings is 1. The molecule has 3 rings (SSSR count). The van der Waals surface area contributed by atoms with E-state index in [9.17, 15) is 9.18 Å². The molecule has 98 valence electrons. The first-order chi connectivity index (χ1) is 9.06. The van der Waals surface area contributed by atoms with E-state index in [-0.39, 0.29) is 5.82 Å². The Morgan fingerprint density at radius 3 is 3.05 bits per heavy atom. The van der Waals surface area contributed by atoms with Crippen molar-refractivity contribution in [1.29, 1.82) is 0 Å². The lowest BCUT2D eigenvalue weighted by Gasteiger charge is -2.03. The number of rotatable bonds is 2. The minimum absolute atomic E-state index is 0.345. The standard InChI is InChI=1S/C13H9BrFNO2S/c14-6-1-3-9(15)8(5-6)12-16-11-7(13(17)18)2-4-10(11)19-12/h1,3,5,7H,2,4H2,(H,17,18). The molecule has 0 spiro atoms. The molecule has 0 bridgehead atoms. The van der Waals surface area contributed by atoms with Gasteiger partial charge in [0.1, 0.15) is 16.7 Å². The molecule has 1 N–H and O–H groups in total. The van der Waals surface area contributed by atoms with Crippen molar-refractivity contribution in [2.75, 3.05) is 0 Å². The summed E-state index contributed by atoms with van der Waals surface area (Å²) in [6.45, 7) is 0. The summed E-state index contributed by atoms with van der Waals surface area (Å²) in [6.07, 6.45) is 1.30. The maximum absolute atomic E-state index is 13.8. The van der Waals surface area contributed by atoms with Crippen molar-refractivity contribution in [3.8, 4) is 10.6 Å². The Bertz CT molecular complexity index is 671. The first-order valence-electron chi connectivity index (χ1n) is 5.74. The summed E-state index contributed by atoms with van der Waals surface area (Å²) in [5.41, 5.74) is 1.02. The SMILES string of the molecule is O=C(O)C1CCc2sc(-c3cc(Br)ccc3F)nc21. The molecule has 0 amide bonds. The number of halogens is 2. The molecular weight excluding hydrogens is 333 g/mol. The van der Waals surface area contributed by atoms with E-state index in [0.717, 1.165) is 9.35 Å². The van der Waals surface area contributed by atoms with Crippen LogP contribution in [0.2, 0.25) is 0 Å². The van der Waals surface area contributed by atoms with E-state index in [0.29, 0.717) is 29.1 Å². The maximum atomic E-state index is 13.8. The molecule has 1 atom stereocenters. The van der Waals surface area contributed by atoms with Crippen LogP contribution in [0, 0.1) is 5.82 Å². The molecular formula is C13H9BrFNO2S. The van der Waals surface area contributed by atoms with Crippen LogP contribution in [0.25, 0.3) is 10.6 Å². The van der Waals surface area contributed by atoms with E-state index >= 15 is 0 Å². The molecule has 0 aliphatic heterocycles. The number of carbonyl (C=O) groups is 1. The normalized spacial score (nSPS) is 17.5. The number of hydrogen-bond acceptors (Lipinski definition) is 3. The smallest absolute Gasteiger partial charge is 0.312 e. The quantitative estimate of drug-likeness (QED) is 0.903. The Labute approximate surface area is 121 Å².